The minimum atomic E-state index is -0.192. The molecule has 1 aliphatic heterocycles. The maximum Gasteiger partial charge on any atom is 0.159 e. The number of benzene rings is 3. The van der Waals surface area contributed by atoms with Crippen molar-refractivity contribution in [1.29, 1.82) is 0 Å². The van der Waals surface area contributed by atoms with Crippen molar-refractivity contribution < 1.29 is 0 Å². The lowest BCUT2D eigenvalue weighted by molar-refractivity contribution is 0.674. The molecule has 4 rings (SSSR count). The van der Waals surface area contributed by atoms with Gasteiger partial charge in [-0.1, -0.05) is 84.4 Å². The Bertz CT molecular complexity index is 934. The zero-order valence-electron chi connectivity index (χ0n) is 13.4. The molecule has 0 aliphatic carbocycles. The van der Waals surface area contributed by atoms with Crippen LogP contribution in [0, 0.1) is 0 Å². The van der Waals surface area contributed by atoms with E-state index in [0.29, 0.717) is 10.9 Å². The Morgan fingerprint density at radius 2 is 1.44 bits per heavy atom. The van der Waals surface area contributed by atoms with Gasteiger partial charge in [0.15, 0.2) is 5.84 Å². The molecule has 3 aromatic carbocycles. The van der Waals surface area contributed by atoms with E-state index in [1.54, 1.807) is 0 Å². The Kier molecular flexibility index (Phi) is 4.32. The van der Waals surface area contributed by atoms with Crippen LogP contribution in [0.5, 0.6) is 0 Å². The predicted octanol–water partition coefficient (Wildman–Crippen LogP) is 4.84. The van der Waals surface area contributed by atoms with E-state index in [1.807, 2.05) is 72.8 Å². The van der Waals surface area contributed by atoms with Crippen LogP contribution >= 0.6 is 11.6 Å². The number of aliphatic imine (C=N–C) groups is 2. The van der Waals surface area contributed by atoms with Gasteiger partial charge >= 0.3 is 0 Å². The van der Waals surface area contributed by atoms with Gasteiger partial charge in [0.1, 0.15) is 12.0 Å². The third-order valence-corrected chi connectivity index (χ3v) is 4.22. The Balaban J connectivity index is 1.80. The first-order valence-corrected chi connectivity index (χ1v) is 8.47. The molecule has 1 atom stereocenters. The second-order valence-corrected chi connectivity index (χ2v) is 6.18. The molecule has 1 N–H and O–H groups in total. The van der Waals surface area contributed by atoms with Crippen LogP contribution in [0.15, 0.2) is 94.9 Å². The molecule has 0 aromatic heterocycles. The van der Waals surface area contributed by atoms with E-state index in [1.165, 1.54) is 0 Å². The zero-order valence-corrected chi connectivity index (χ0v) is 14.2. The van der Waals surface area contributed by atoms with E-state index in [0.717, 1.165) is 22.5 Å². The second kappa shape index (κ2) is 6.91. The molecule has 1 unspecified atom stereocenters. The van der Waals surface area contributed by atoms with E-state index >= 15 is 0 Å². The van der Waals surface area contributed by atoms with Gasteiger partial charge in [-0.2, -0.15) is 0 Å². The first-order valence-electron chi connectivity index (χ1n) is 8.09. The summed E-state index contributed by atoms with van der Waals surface area (Å²) in [7, 11) is 0. The highest BCUT2D eigenvalue weighted by Crippen LogP contribution is 2.22. The van der Waals surface area contributed by atoms with E-state index < -0.39 is 0 Å². The molecule has 0 radical (unpaired) electrons. The molecule has 0 fully saturated rings. The van der Waals surface area contributed by atoms with Crippen molar-refractivity contribution in [3.63, 3.8) is 0 Å². The number of hydrogen-bond acceptors (Lipinski definition) is 3. The van der Waals surface area contributed by atoms with Crippen molar-refractivity contribution in [3.05, 3.63) is 107 Å². The lowest BCUT2D eigenvalue weighted by atomic mass is 10.1. The van der Waals surface area contributed by atoms with Crippen molar-refractivity contribution in [2.45, 2.75) is 6.17 Å². The maximum absolute atomic E-state index is 6.15. The monoisotopic (exact) mass is 345 g/mol. The quantitative estimate of drug-likeness (QED) is 0.724. The van der Waals surface area contributed by atoms with Crippen molar-refractivity contribution in [1.82, 2.24) is 5.32 Å². The van der Waals surface area contributed by atoms with Crippen LogP contribution in [0.2, 0.25) is 5.02 Å². The molecule has 122 valence electrons. The highest BCUT2D eigenvalue weighted by Gasteiger charge is 2.20. The molecule has 0 saturated carbocycles. The Hall–Kier alpha value is -2.91. The molecule has 0 spiro atoms. The van der Waals surface area contributed by atoms with Crippen LogP contribution < -0.4 is 5.32 Å². The van der Waals surface area contributed by atoms with Gasteiger partial charge in [-0.25, -0.2) is 9.98 Å². The molecule has 1 aliphatic rings. The van der Waals surface area contributed by atoms with E-state index in [-0.39, 0.29) is 6.17 Å². The average Bonchev–Trinajstić information content (AvgIpc) is 2.69. The van der Waals surface area contributed by atoms with E-state index in [9.17, 15) is 0 Å². The van der Waals surface area contributed by atoms with Crippen molar-refractivity contribution >= 4 is 23.3 Å². The SMILES string of the molecule is Clc1cccc(C2=NC(c3ccccc3)NC(c3ccccc3)=N2)c1. The summed E-state index contributed by atoms with van der Waals surface area (Å²) in [6.45, 7) is 0. The average molecular weight is 346 g/mol. The summed E-state index contributed by atoms with van der Waals surface area (Å²) in [6, 6.07) is 27.8. The fourth-order valence-electron chi connectivity index (χ4n) is 2.75. The first kappa shape index (κ1) is 15.6. The summed E-state index contributed by atoms with van der Waals surface area (Å²) in [6.07, 6.45) is -0.192. The van der Waals surface area contributed by atoms with Crippen LogP contribution in [0.1, 0.15) is 22.9 Å². The topological polar surface area (TPSA) is 36.8 Å². The normalized spacial score (nSPS) is 16.6. The van der Waals surface area contributed by atoms with Crippen LogP contribution in [-0.4, -0.2) is 11.7 Å². The molecule has 0 amide bonds. The fourth-order valence-corrected chi connectivity index (χ4v) is 2.95. The summed E-state index contributed by atoms with van der Waals surface area (Å²) in [5.41, 5.74) is 3.02. The molecular weight excluding hydrogens is 330 g/mol. The van der Waals surface area contributed by atoms with Crippen molar-refractivity contribution in [2.75, 3.05) is 0 Å². The van der Waals surface area contributed by atoms with Crippen LogP contribution in [0.4, 0.5) is 0 Å². The van der Waals surface area contributed by atoms with E-state index in [4.69, 9.17) is 21.6 Å². The molecule has 25 heavy (non-hydrogen) atoms. The lowest BCUT2D eigenvalue weighted by Gasteiger charge is -2.23. The van der Waals surface area contributed by atoms with Gasteiger partial charge in [-0.05, 0) is 17.7 Å². The standard InChI is InChI=1S/C21H16ClN3/c22-18-13-7-12-17(14-18)21-24-19(15-8-3-1-4-9-15)23-20(25-21)16-10-5-2-6-11-16/h1-14,19H,(H,23,24,25). The smallest absolute Gasteiger partial charge is 0.159 e. The van der Waals surface area contributed by atoms with Crippen LogP contribution in [0.25, 0.3) is 0 Å². The Labute approximate surface area is 151 Å². The molecule has 1 heterocycles. The fraction of sp³-hybridized carbons (Fsp3) is 0.0476. The van der Waals surface area contributed by atoms with Gasteiger partial charge in [-0.15, -0.1) is 0 Å². The summed E-state index contributed by atoms with van der Waals surface area (Å²) < 4.78 is 0. The minimum absolute atomic E-state index is 0.192. The van der Waals surface area contributed by atoms with Gasteiger partial charge in [0, 0.05) is 16.1 Å². The second-order valence-electron chi connectivity index (χ2n) is 5.75. The van der Waals surface area contributed by atoms with Gasteiger partial charge in [0.25, 0.3) is 0 Å². The highest BCUT2D eigenvalue weighted by atomic mass is 35.5. The van der Waals surface area contributed by atoms with Crippen molar-refractivity contribution in [3.8, 4) is 0 Å². The van der Waals surface area contributed by atoms with Gasteiger partial charge < -0.3 is 5.32 Å². The number of nitrogens with zero attached hydrogens (tertiary/aromatic N) is 2. The van der Waals surface area contributed by atoms with Gasteiger partial charge in [0.05, 0.1) is 0 Å². The predicted molar refractivity (Wildman–Crippen MR) is 103 cm³/mol. The molecule has 0 saturated heterocycles. The first-order chi connectivity index (χ1) is 12.3. The summed E-state index contributed by atoms with van der Waals surface area (Å²) in [5, 5.41) is 4.10. The third-order valence-electron chi connectivity index (χ3n) is 3.99. The number of rotatable bonds is 3. The number of nitrogens with one attached hydrogen (secondary N) is 1. The van der Waals surface area contributed by atoms with Gasteiger partial charge in [-0.3, -0.25) is 0 Å². The van der Waals surface area contributed by atoms with Crippen LogP contribution in [-0.2, 0) is 0 Å². The van der Waals surface area contributed by atoms with E-state index in [2.05, 4.69) is 17.4 Å². The molecule has 4 heteroatoms. The lowest BCUT2D eigenvalue weighted by Crippen LogP contribution is -2.33. The largest absolute Gasteiger partial charge is 0.344 e. The summed E-state index contributed by atoms with van der Waals surface area (Å²) in [4.78, 5) is 9.53. The Morgan fingerprint density at radius 1 is 0.760 bits per heavy atom. The summed E-state index contributed by atoms with van der Waals surface area (Å²) in [5.74, 6) is 1.48. The molecular formula is C21H16ClN3. The van der Waals surface area contributed by atoms with Gasteiger partial charge in [0.2, 0.25) is 0 Å². The maximum atomic E-state index is 6.15. The molecule has 3 aromatic rings. The van der Waals surface area contributed by atoms with Crippen molar-refractivity contribution in [2.24, 2.45) is 9.98 Å². The van der Waals surface area contributed by atoms with Crippen LogP contribution in [0.3, 0.4) is 0 Å². The minimum Gasteiger partial charge on any atom is -0.344 e. The number of amidine groups is 2. The zero-order chi connectivity index (χ0) is 17.1. The number of hydrogen-bond donors (Lipinski definition) is 1. The number of halogens is 1. The summed E-state index contributed by atoms with van der Waals surface area (Å²) >= 11 is 6.15. The molecule has 0 bridgehead atoms. The third kappa shape index (κ3) is 3.47. The Morgan fingerprint density at radius 3 is 2.16 bits per heavy atom. The molecule has 3 nitrogen and oxygen atoms in total. The highest BCUT2D eigenvalue weighted by molar-refractivity contribution is 6.31.